The molecule has 0 atom stereocenters. The van der Waals surface area contributed by atoms with Crippen LogP contribution in [0.4, 0.5) is 11.4 Å². The maximum atomic E-state index is 12.1. The van der Waals surface area contributed by atoms with Gasteiger partial charge < -0.3 is 10.2 Å². The molecular formula is C21H20N4O. The maximum absolute atomic E-state index is 12.1. The zero-order valence-electron chi connectivity index (χ0n) is 14.5. The van der Waals surface area contributed by atoms with Crippen LogP contribution in [0.15, 0.2) is 54.7 Å². The highest BCUT2D eigenvalue weighted by Gasteiger charge is 2.26. The summed E-state index contributed by atoms with van der Waals surface area (Å²) >= 11 is 0. The van der Waals surface area contributed by atoms with Gasteiger partial charge in [-0.3, -0.25) is 14.7 Å². The van der Waals surface area contributed by atoms with Crippen LogP contribution in [-0.4, -0.2) is 42.0 Å². The van der Waals surface area contributed by atoms with Crippen molar-refractivity contribution in [1.82, 2.24) is 9.88 Å². The minimum absolute atomic E-state index is 0.0303. The lowest BCUT2D eigenvalue weighted by Crippen LogP contribution is -2.46. The molecule has 0 radical (unpaired) electrons. The van der Waals surface area contributed by atoms with Gasteiger partial charge >= 0.3 is 0 Å². The van der Waals surface area contributed by atoms with E-state index in [-0.39, 0.29) is 5.91 Å². The van der Waals surface area contributed by atoms with E-state index in [2.05, 4.69) is 50.4 Å². The fourth-order valence-corrected chi connectivity index (χ4v) is 3.98. The van der Waals surface area contributed by atoms with E-state index in [0.717, 1.165) is 60.6 Å². The predicted octanol–water partition coefficient (Wildman–Crippen LogP) is 3.12. The second kappa shape index (κ2) is 6.11. The van der Waals surface area contributed by atoms with Crippen molar-refractivity contribution < 1.29 is 4.79 Å². The SMILES string of the molecule is O=C1Nc2ccnc3c(N4CCN(Cc5ccccc5)CC4)ccc1c23. The first-order valence-corrected chi connectivity index (χ1v) is 9.04. The van der Waals surface area contributed by atoms with Gasteiger partial charge in [0.25, 0.3) is 5.91 Å². The summed E-state index contributed by atoms with van der Waals surface area (Å²) in [7, 11) is 0. The van der Waals surface area contributed by atoms with Crippen LogP contribution in [0.25, 0.3) is 10.9 Å². The molecule has 1 aromatic heterocycles. The summed E-state index contributed by atoms with van der Waals surface area (Å²) in [6, 6.07) is 16.5. The molecular weight excluding hydrogens is 324 g/mol. The fourth-order valence-electron chi connectivity index (χ4n) is 3.98. The van der Waals surface area contributed by atoms with Gasteiger partial charge in [0.2, 0.25) is 0 Å². The quantitative estimate of drug-likeness (QED) is 0.793. The van der Waals surface area contributed by atoms with Crippen molar-refractivity contribution in [2.75, 3.05) is 36.4 Å². The van der Waals surface area contributed by atoms with E-state index in [4.69, 9.17) is 0 Å². The van der Waals surface area contributed by atoms with Crippen LogP contribution in [0.2, 0.25) is 0 Å². The molecule has 1 fully saturated rings. The van der Waals surface area contributed by atoms with E-state index in [9.17, 15) is 4.79 Å². The predicted molar refractivity (Wildman–Crippen MR) is 104 cm³/mol. The van der Waals surface area contributed by atoms with E-state index in [1.807, 2.05) is 18.2 Å². The number of piperazine rings is 1. The number of amides is 1. The Hall–Kier alpha value is -2.92. The molecule has 0 bridgehead atoms. The third kappa shape index (κ3) is 2.52. The molecule has 1 amide bonds. The summed E-state index contributed by atoms with van der Waals surface area (Å²) in [6.45, 7) is 4.97. The molecule has 26 heavy (non-hydrogen) atoms. The standard InChI is InChI=1S/C21H20N4O/c26-21-16-6-7-18(20-19(16)17(23-21)8-9-22-20)25-12-10-24(11-13-25)14-15-4-2-1-3-5-15/h1-9H,10-14H2,(H,23,26). The van der Waals surface area contributed by atoms with E-state index in [0.29, 0.717) is 0 Å². The molecule has 3 heterocycles. The van der Waals surface area contributed by atoms with Gasteiger partial charge in [-0.2, -0.15) is 0 Å². The summed E-state index contributed by atoms with van der Waals surface area (Å²) in [5.74, 6) is -0.0303. The molecule has 2 aromatic carbocycles. The number of carbonyl (C=O) groups is 1. The summed E-state index contributed by atoms with van der Waals surface area (Å²) in [4.78, 5) is 21.6. The molecule has 0 spiro atoms. The number of carbonyl (C=O) groups excluding carboxylic acids is 1. The van der Waals surface area contributed by atoms with Gasteiger partial charge in [-0.25, -0.2) is 0 Å². The molecule has 5 rings (SSSR count). The Morgan fingerprint density at radius 1 is 0.962 bits per heavy atom. The number of benzene rings is 2. The Bertz CT molecular complexity index is 978. The van der Waals surface area contributed by atoms with Crippen LogP contribution in [-0.2, 0) is 6.54 Å². The van der Waals surface area contributed by atoms with E-state index in [1.54, 1.807) is 6.20 Å². The second-order valence-electron chi connectivity index (χ2n) is 6.92. The average Bonchev–Trinajstić information content (AvgIpc) is 3.01. The van der Waals surface area contributed by atoms with Crippen molar-refractivity contribution in [3.63, 3.8) is 0 Å². The van der Waals surface area contributed by atoms with Gasteiger partial charge in [0.05, 0.1) is 22.5 Å². The lowest BCUT2D eigenvalue weighted by atomic mass is 10.1. The number of aromatic nitrogens is 1. The molecule has 1 saturated heterocycles. The van der Waals surface area contributed by atoms with Crippen molar-refractivity contribution >= 4 is 28.2 Å². The normalized spacial score (nSPS) is 16.9. The topological polar surface area (TPSA) is 48.5 Å². The highest BCUT2D eigenvalue weighted by Crippen LogP contribution is 2.37. The summed E-state index contributed by atoms with van der Waals surface area (Å²) in [5, 5.41) is 3.89. The monoisotopic (exact) mass is 344 g/mol. The molecule has 5 heteroatoms. The Kier molecular flexibility index (Phi) is 3.60. The Labute approximate surface area is 152 Å². The summed E-state index contributed by atoms with van der Waals surface area (Å²) in [6.07, 6.45) is 1.78. The molecule has 0 aliphatic carbocycles. The minimum Gasteiger partial charge on any atom is -0.367 e. The Morgan fingerprint density at radius 3 is 2.58 bits per heavy atom. The molecule has 5 nitrogen and oxygen atoms in total. The molecule has 1 N–H and O–H groups in total. The van der Waals surface area contributed by atoms with Gasteiger partial charge in [-0.05, 0) is 23.8 Å². The third-order valence-electron chi connectivity index (χ3n) is 5.33. The molecule has 0 unspecified atom stereocenters. The summed E-state index contributed by atoms with van der Waals surface area (Å²) in [5.41, 5.74) is 5.02. The number of hydrogen-bond acceptors (Lipinski definition) is 4. The van der Waals surface area contributed by atoms with Crippen molar-refractivity contribution in [3.05, 3.63) is 65.9 Å². The molecule has 0 saturated carbocycles. The highest BCUT2D eigenvalue weighted by molar-refractivity contribution is 6.24. The average molecular weight is 344 g/mol. The van der Waals surface area contributed by atoms with Crippen LogP contribution in [0, 0.1) is 0 Å². The van der Waals surface area contributed by atoms with Gasteiger partial charge in [0.15, 0.2) is 0 Å². The molecule has 3 aromatic rings. The zero-order valence-corrected chi connectivity index (χ0v) is 14.5. The largest absolute Gasteiger partial charge is 0.367 e. The van der Waals surface area contributed by atoms with Gasteiger partial charge in [0, 0.05) is 44.3 Å². The number of rotatable bonds is 3. The van der Waals surface area contributed by atoms with Crippen LogP contribution in [0.3, 0.4) is 0 Å². The third-order valence-corrected chi connectivity index (χ3v) is 5.33. The number of hydrogen-bond donors (Lipinski definition) is 1. The fraction of sp³-hybridized carbons (Fsp3) is 0.238. The highest BCUT2D eigenvalue weighted by atomic mass is 16.1. The van der Waals surface area contributed by atoms with Crippen molar-refractivity contribution in [1.29, 1.82) is 0 Å². The first-order valence-electron chi connectivity index (χ1n) is 9.04. The van der Waals surface area contributed by atoms with Crippen molar-refractivity contribution in [2.45, 2.75) is 6.54 Å². The van der Waals surface area contributed by atoms with Gasteiger partial charge in [-0.1, -0.05) is 30.3 Å². The number of anilines is 2. The zero-order chi connectivity index (χ0) is 17.5. The lowest BCUT2D eigenvalue weighted by Gasteiger charge is -2.36. The van der Waals surface area contributed by atoms with E-state index >= 15 is 0 Å². The van der Waals surface area contributed by atoms with Crippen LogP contribution in [0.5, 0.6) is 0 Å². The Balaban J connectivity index is 1.38. The molecule has 130 valence electrons. The number of nitrogens with one attached hydrogen (secondary N) is 1. The molecule has 2 aliphatic heterocycles. The smallest absolute Gasteiger partial charge is 0.256 e. The van der Waals surface area contributed by atoms with Crippen LogP contribution in [0.1, 0.15) is 15.9 Å². The van der Waals surface area contributed by atoms with Crippen LogP contribution >= 0.6 is 0 Å². The van der Waals surface area contributed by atoms with Crippen molar-refractivity contribution in [3.8, 4) is 0 Å². The van der Waals surface area contributed by atoms with Gasteiger partial charge in [-0.15, -0.1) is 0 Å². The van der Waals surface area contributed by atoms with Crippen LogP contribution < -0.4 is 10.2 Å². The first kappa shape index (κ1) is 15.3. The lowest BCUT2D eigenvalue weighted by molar-refractivity contribution is 0.103. The minimum atomic E-state index is -0.0303. The maximum Gasteiger partial charge on any atom is 0.256 e. The summed E-state index contributed by atoms with van der Waals surface area (Å²) < 4.78 is 0. The Morgan fingerprint density at radius 2 is 1.77 bits per heavy atom. The second-order valence-corrected chi connectivity index (χ2v) is 6.92. The molecule has 2 aliphatic rings. The number of pyridine rings is 1. The van der Waals surface area contributed by atoms with Gasteiger partial charge in [0.1, 0.15) is 0 Å². The van der Waals surface area contributed by atoms with E-state index < -0.39 is 0 Å². The van der Waals surface area contributed by atoms with E-state index in [1.165, 1.54) is 5.56 Å². The first-order chi connectivity index (χ1) is 12.8. The number of nitrogens with zero attached hydrogens (tertiary/aromatic N) is 3. The van der Waals surface area contributed by atoms with Crippen molar-refractivity contribution in [2.24, 2.45) is 0 Å².